The molecular formula is C24H20BrN3O6S2. The van der Waals surface area contributed by atoms with E-state index < -0.39 is 21.9 Å². The first kappa shape index (κ1) is 25.6. The van der Waals surface area contributed by atoms with Crippen LogP contribution in [0, 0.1) is 0 Å². The van der Waals surface area contributed by atoms with Crippen molar-refractivity contribution in [2.75, 3.05) is 18.9 Å². The number of carbonyl (C=O) groups excluding carboxylic acids is 2. The number of esters is 1. The van der Waals surface area contributed by atoms with Gasteiger partial charge < -0.3 is 14.0 Å². The van der Waals surface area contributed by atoms with Crippen molar-refractivity contribution in [1.82, 2.24) is 4.57 Å². The molecular weight excluding hydrogens is 570 g/mol. The molecule has 12 heteroatoms. The lowest BCUT2D eigenvalue weighted by molar-refractivity contribution is -0.141. The van der Waals surface area contributed by atoms with Crippen LogP contribution in [0.1, 0.15) is 10.4 Å². The zero-order chi connectivity index (χ0) is 25.9. The Morgan fingerprint density at radius 1 is 1.06 bits per heavy atom. The Labute approximate surface area is 219 Å². The fourth-order valence-corrected chi connectivity index (χ4v) is 5.94. The van der Waals surface area contributed by atoms with Crippen LogP contribution in [-0.4, -0.2) is 39.1 Å². The van der Waals surface area contributed by atoms with Gasteiger partial charge in [0.2, 0.25) is 0 Å². The maximum Gasteiger partial charge on any atom is 0.325 e. The minimum Gasteiger partial charge on any atom is -0.497 e. The third-order valence-electron chi connectivity index (χ3n) is 5.09. The van der Waals surface area contributed by atoms with E-state index in [0.29, 0.717) is 10.6 Å². The van der Waals surface area contributed by atoms with Crippen molar-refractivity contribution in [2.45, 2.75) is 11.4 Å². The molecule has 4 aromatic rings. The van der Waals surface area contributed by atoms with E-state index in [1.807, 2.05) is 18.2 Å². The van der Waals surface area contributed by atoms with Gasteiger partial charge in [0.05, 0.1) is 29.3 Å². The van der Waals surface area contributed by atoms with Crippen LogP contribution in [0.2, 0.25) is 0 Å². The third-order valence-corrected chi connectivity index (χ3v) is 8.02. The van der Waals surface area contributed by atoms with Crippen LogP contribution in [0.5, 0.6) is 5.75 Å². The molecule has 0 atom stereocenters. The number of nitrogens with one attached hydrogen (secondary N) is 1. The highest BCUT2D eigenvalue weighted by molar-refractivity contribution is 9.10. The summed E-state index contributed by atoms with van der Waals surface area (Å²) < 4.78 is 41.1. The summed E-state index contributed by atoms with van der Waals surface area (Å²) in [5, 5.41) is 0. The van der Waals surface area contributed by atoms with E-state index in [1.54, 1.807) is 22.8 Å². The van der Waals surface area contributed by atoms with E-state index in [0.717, 1.165) is 14.7 Å². The molecule has 0 radical (unpaired) electrons. The second-order valence-electron chi connectivity index (χ2n) is 7.44. The molecule has 0 unspecified atom stereocenters. The summed E-state index contributed by atoms with van der Waals surface area (Å²) in [6.07, 6.45) is 0. The number of aromatic nitrogens is 1. The van der Waals surface area contributed by atoms with Crippen LogP contribution in [-0.2, 0) is 26.1 Å². The van der Waals surface area contributed by atoms with Gasteiger partial charge in [-0.15, -0.1) is 0 Å². The summed E-state index contributed by atoms with van der Waals surface area (Å²) in [5.41, 5.74) is 1.10. The predicted molar refractivity (Wildman–Crippen MR) is 140 cm³/mol. The number of thiazole rings is 1. The molecule has 0 saturated heterocycles. The zero-order valence-corrected chi connectivity index (χ0v) is 22.3. The molecule has 1 N–H and O–H groups in total. The SMILES string of the molecule is COC(=O)Cn1c(=NC(=O)c2cccc(NS(=O)(=O)c3ccc(OC)cc3)c2)sc2cc(Br)ccc21. The van der Waals surface area contributed by atoms with E-state index in [4.69, 9.17) is 9.47 Å². The van der Waals surface area contributed by atoms with Crippen molar-refractivity contribution in [1.29, 1.82) is 0 Å². The van der Waals surface area contributed by atoms with Gasteiger partial charge >= 0.3 is 5.97 Å². The van der Waals surface area contributed by atoms with E-state index in [2.05, 4.69) is 25.6 Å². The lowest BCUT2D eigenvalue weighted by Gasteiger charge is -2.09. The maximum absolute atomic E-state index is 13.0. The normalized spacial score (nSPS) is 11.9. The van der Waals surface area contributed by atoms with E-state index in [1.165, 1.54) is 55.9 Å². The highest BCUT2D eigenvalue weighted by atomic mass is 79.9. The minimum atomic E-state index is -3.89. The largest absolute Gasteiger partial charge is 0.497 e. The number of nitrogens with zero attached hydrogens (tertiary/aromatic N) is 2. The highest BCUT2D eigenvalue weighted by Crippen LogP contribution is 2.23. The predicted octanol–water partition coefficient (Wildman–Crippen LogP) is 4.19. The molecule has 4 rings (SSSR count). The smallest absolute Gasteiger partial charge is 0.325 e. The molecule has 36 heavy (non-hydrogen) atoms. The monoisotopic (exact) mass is 589 g/mol. The molecule has 0 aliphatic carbocycles. The molecule has 186 valence electrons. The van der Waals surface area contributed by atoms with E-state index >= 15 is 0 Å². The highest BCUT2D eigenvalue weighted by Gasteiger charge is 2.16. The van der Waals surface area contributed by atoms with Gasteiger partial charge in [0.15, 0.2) is 4.80 Å². The van der Waals surface area contributed by atoms with Crippen LogP contribution in [0.15, 0.2) is 81.1 Å². The molecule has 0 aliphatic heterocycles. The molecule has 1 amide bonds. The quantitative estimate of drug-likeness (QED) is 0.323. The number of sulfonamides is 1. The number of anilines is 1. The van der Waals surface area contributed by atoms with Crippen LogP contribution in [0.3, 0.4) is 0 Å². The first-order valence-corrected chi connectivity index (χ1v) is 13.5. The van der Waals surface area contributed by atoms with Gasteiger partial charge in [0.25, 0.3) is 15.9 Å². The van der Waals surface area contributed by atoms with Gasteiger partial charge in [0.1, 0.15) is 12.3 Å². The Balaban J connectivity index is 1.66. The number of amides is 1. The fourth-order valence-electron chi connectivity index (χ4n) is 3.31. The summed E-state index contributed by atoms with van der Waals surface area (Å²) >= 11 is 4.66. The van der Waals surface area contributed by atoms with Gasteiger partial charge in [-0.25, -0.2) is 8.42 Å². The molecule has 1 heterocycles. The van der Waals surface area contributed by atoms with Crippen molar-refractivity contribution in [2.24, 2.45) is 4.99 Å². The Hall–Kier alpha value is -3.48. The second kappa shape index (κ2) is 10.6. The number of carbonyl (C=O) groups is 2. The van der Waals surface area contributed by atoms with Gasteiger partial charge in [-0.05, 0) is 60.7 Å². The number of halogens is 1. The van der Waals surface area contributed by atoms with Crippen molar-refractivity contribution in [3.63, 3.8) is 0 Å². The second-order valence-corrected chi connectivity index (χ2v) is 11.0. The number of hydrogen-bond donors (Lipinski definition) is 1. The molecule has 1 aromatic heterocycles. The number of methoxy groups -OCH3 is 2. The molecule has 0 spiro atoms. The van der Waals surface area contributed by atoms with E-state index in [9.17, 15) is 18.0 Å². The number of rotatable bonds is 7. The molecule has 0 aliphatic rings. The molecule has 0 fully saturated rings. The van der Waals surface area contributed by atoms with Crippen molar-refractivity contribution >= 4 is 65.1 Å². The molecule has 9 nitrogen and oxygen atoms in total. The van der Waals surface area contributed by atoms with Crippen LogP contribution in [0.25, 0.3) is 10.2 Å². The lowest BCUT2D eigenvalue weighted by atomic mass is 10.2. The summed E-state index contributed by atoms with van der Waals surface area (Å²) in [7, 11) is -1.11. The van der Waals surface area contributed by atoms with Gasteiger partial charge in [0, 0.05) is 15.7 Å². The number of hydrogen-bond acceptors (Lipinski definition) is 7. The first-order chi connectivity index (χ1) is 17.2. The minimum absolute atomic E-state index is 0.0463. The summed E-state index contributed by atoms with van der Waals surface area (Å²) in [5.74, 6) is -0.549. The fraction of sp³-hybridized carbons (Fsp3) is 0.125. The average molecular weight is 590 g/mol. The Bertz CT molecular complexity index is 1630. The van der Waals surface area contributed by atoms with Crippen molar-refractivity contribution in [3.8, 4) is 5.75 Å². The average Bonchev–Trinajstić information content (AvgIpc) is 3.19. The Morgan fingerprint density at radius 3 is 2.50 bits per heavy atom. The zero-order valence-electron chi connectivity index (χ0n) is 19.1. The number of ether oxygens (including phenoxy) is 2. The topological polar surface area (TPSA) is 116 Å². The Kier molecular flexibility index (Phi) is 7.57. The van der Waals surface area contributed by atoms with Crippen LogP contribution in [0.4, 0.5) is 5.69 Å². The number of fused-ring (bicyclic) bond motifs is 1. The summed E-state index contributed by atoms with van der Waals surface area (Å²) in [4.78, 5) is 29.6. The summed E-state index contributed by atoms with van der Waals surface area (Å²) in [6, 6.07) is 17.5. The lowest BCUT2D eigenvalue weighted by Crippen LogP contribution is -2.22. The van der Waals surface area contributed by atoms with Crippen molar-refractivity contribution < 1.29 is 27.5 Å². The molecule has 3 aromatic carbocycles. The van der Waals surface area contributed by atoms with E-state index in [-0.39, 0.29) is 22.7 Å². The third kappa shape index (κ3) is 5.66. The molecule has 0 saturated carbocycles. The number of benzene rings is 3. The van der Waals surface area contributed by atoms with Crippen molar-refractivity contribution in [3.05, 3.63) is 81.6 Å². The van der Waals surface area contributed by atoms with Gasteiger partial charge in [-0.3, -0.25) is 14.3 Å². The van der Waals surface area contributed by atoms with Gasteiger partial charge in [-0.1, -0.05) is 33.3 Å². The van der Waals surface area contributed by atoms with Crippen LogP contribution < -0.4 is 14.3 Å². The summed E-state index contributed by atoms with van der Waals surface area (Å²) in [6.45, 7) is -0.119. The standard InChI is InChI=1S/C24H20BrN3O6S2/c1-33-18-7-9-19(10-8-18)36(31,32)27-17-5-3-4-15(12-17)23(30)26-24-28(14-22(29)34-2)20-11-6-16(25)13-21(20)35-24/h3-13,27H,14H2,1-2H3. The first-order valence-electron chi connectivity index (χ1n) is 10.4. The van der Waals surface area contributed by atoms with Gasteiger partial charge in [-0.2, -0.15) is 4.99 Å². The molecule has 0 bridgehead atoms. The Morgan fingerprint density at radius 2 is 1.81 bits per heavy atom. The maximum atomic E-state index is 13.0. The van der Waals surface area contributed by atoms with Crippen LogP contribution >= 0.6 is 27.3 Å².